The highest BCUT2D eigenvalue weighted by atomic mass is 16.4. The van der Waals surface area contributed by atoms with E-state index in [1.165, 1.54) is 0 Å². The summed E-state index contributed by atoms with van der Waals surface area (Å²) in [5, 5.41) is 44.8. The van der Waals surface area contributed by atoms with Crippen molar-refractivity contribution in [1.82, 2.24) is 0 Å². The summed E-state index contributed by atoms with van der Waals surface area (Å²) in [4.78, 5) is 10.3. The predicted molar refractivity (Wildman–Crippen MR) is 37.2 cm³/mol. The lowest BCUT2D eigenvalue weighted by atomic mass is 10.0. The molecule has 0 spiro atoms. The Kier molecular flexibility index (Phi) is 2.59. The molecule has 0 amide bonds. The first-order chi connectivity index (χ1) is 6.93. The minimum absolute atomic E-state index is 1.69. The first kappa shape index (κ1) is 6.01. The van der Waals surface area contributed by atoms with Gasteiger partial charge in [-0.05, 0) is 0 Å². The van der Waals surface area contributed by atoms with Gasteiger partial charge in [-0.3, -0.25) is 0 Å². The monoisotopic (exact) mass is 184 g/mol. The molecule has 0 bridgehead atoms. The molecule has 0 saturated carbocycles. The summed E-state index contributed by atoms with van der Waals surface area (Å²) in [7, 11) is 0. The maximum atomic E-state index is 10.3. The number of carbonyl (C=O) groups excluding carboxylic acids is 1. The summed E-state index contributed by atoms with van der Waals surface area (Å²) in [6, 6.07) is 0. The smallest absolute Gasteiger partial charge is 0.151 e. The van der Waals surface area contributed by atoms with Crippen LogP contribution >= 0.6 is 0 Å². The topological polar surface area (TPSA) is 118 Å². The third-order valence-electron chi connectivity index (χ3n) is 1.16. The largest absolute Gasteiger partial charge is 0.394 e. The molecule has 0 radical (unpaired) electrons. The Morgan fingerprint density at radius 3 is 2.25 bits per heavy atom. The van der Waals surface area contributed by atoms with Crippen molar-refractivity contribution in [1.29, 1.82) is 0 Å². The van der Waals surface area contributed by atoms with Crippen molar-refractivity contribution in [3.8, 4) is 0 Å². The van der Waals surface area contributed by atoms with Crippen LogP contribution in [0.15, 0.2) is 0 Å². The van der Waals surface area contributed by atoms with E-state index in [-0.39, 0.29) is 0 Å². The van der Waals surface area contributed by atoms with Crippen LogP contribution in [0.1, 0.15) is 5.48 Å². The Hall–Kier alpha value is -0.530. The predicted octanol–water partition coefficient (Wildman–Crippen LogP) is -3.38. The summed E-state index contributed by atoms with van der Waals surface area (Å²) >= 11 is 0. The van der Waals surface area contributed by atoms with Gasteiger partial charge in [0.15, 0.2) is 6.26 Å². The first-order valence-electron chi connectivity index (χ1n) is 4.92. The Bertz CT molecular complexity index is 264. The van der Waals surface area contributed by atoms with Crippen molar-refractivity contribution in [3.05, 3.63) is 0 Å². The number of aldehydes is 1. The van der Waals surface area contributed by atoms with Gasteiger partial charge in [0.2, 0.25) is 0 Å². The highest BCUT2D eigenvalue weighted by Gasteiger charge is 2.29. The molecular formula is C6H12O6. The quantitative estimate of drug-likeness (QED) is 0.284. The van der Waals surface area contributed by atoms with Crippen molar-refractivity contribution in [2.75, 3.05) is 6.56 Å². The average molecular weight is 184 g/mol. The zero-order chi connectivity index (χ0) is 13.3. The van der Waals surface area contributed by atoms with E-state index in [4.69, 9.17) is 31.0 Å². The molecule has 0 rings (SSSR count). The van der Waals surface area contributed by atoms with E-state index >= 15 is 0 Å². The Labute approximate surface area is 74.3 Å². The van der Waals surface area contributed by atoms with Crippen molar-refractivity contribution in [2.24, 2.45) is 0 Å². The molecule has 12 heavy (non-hydrogen) atoms. The fourth-order valence-electron chi connectivity index (χ4n) is 0.470. The van der Waals surface area contributed by atoms with Crippen molar-refractivity contribution >= 4 is 6.26 Å². The third-order valence-corrected chi connectivity index (χ3v) is 1.16. The van der Waals surface area contributed by atoms with Gasteiger partial charge in [-0.15, -0.1) is 0 Å². The maximum absolute atomic E-state index is 10.3. The van der Waals surface area contributed by atoms with Crippen LogP contribution in [-0.4, -0.2) is 62.7 Å². The first-order valence-corrected chi connectivity index (χ1v) is 2.92. The van der Waals surface area contributed by atoms with Crippen LogP contribution in [0, 0.1) is 0 Å². The van der Waals surface area contributed by atoms with Crippen LogP contribution in [0.5, 0.6) is 0 Å². The van der Waals surface area contributed by atoms with Gasteiger partial charge in [0.25, 0.3) is 0 Å². The summed E-state index contributed by atoms with van der Waals surface area (Å²) < 4.78 is 26.5. The maximum Gasteiger partial charge on any atom is 0.151 e. The molecule has 0 saturated heterocycles. The molecule has 0 heterocycles. The Morgan fingerprint density at radius 2 is 1.92 bits per heavy atom. The Morgan fingerprint density at radius 1 is 1.42 bits per heavy atom. The van der Waals surface area contributed by atoms with E-state index in [2.05, 4.69) is 0 Å². The lowest BCUT2D eigenvalue weighted by Gasteiger charge is -2.22. The number of rotatable bonds is 5. The molecule has 0 aromatic carbocycles. The van der Waals surface area contributed by atoms with Gasteiger partial charge in [0.1, 0.15) is 25.8 Å². The summed E-state index contributed by atoms with van der Waals surface area (Å²) in [6.07, 6.45) is -12.8. The molecule has 0 aliphatic carbocycles. The SMILES string of the molecule is [2H]C(=O)[C@H](O)[C@@H](O)[C@H](O)[C@]([2H])(O)C([2H])([2H])O. The van der Waals surface area contributed by atoms with Gasteiger partial charge in [-0.25, -0.2) is 0 Å². The highest BCUT2D eigenvalue weighted by molar-refractivity contribution is 5.56. The van der Waals surface area contributed by atoms with Gasteiger partial charge >= 0.3 is 0 Å². The van der Waals surface area contributed by atoms with Gasteiger partial charge < -0.3 is 30.3 Å². The van der Waals surface area contributed by atoms with Crippen LogP contribution in [0.25, 0.3) is 0 Å². The second kappa shape index (κ2) is 5.18. The minimum atomic E-state index is -3.60. The molecular weight excluding hydrogens is 168 g/mol. The molecule has 5 N–H and O–H groups in total. The molecule has 0 fully saturated rings. The number of carbonyl (C=O) groups is 1. The molecule has 72 valence electrons. The molecule has 0 unspecified atom stereocenters. The van der Waals surface area contributed by atoms with E-state index in [9.17, 15) is 4.79 Å². The second-order valence-corrected chi connectivity index (χ2v) is 2.00. The fourth-order valence-corrected chi connectivity index (χ4v) is 0.470. The molecule has 0 aromatic rings. The normalized spacial score (nSPS) is 29.8. The summed E-state index contributed by atoms with van der Waals surface area (Å²) in [5.41, 5.74) is 0. The van der Waals surface area contributed by atoms with E-state index in [0.29, 0.717) is 0 Å². The van der Waals surface area contributed by atoms with Crippen LogP contribution in [0.3, 0.4) is 0 Å². The van der Waals surface area contributed by atoms with Gasteiger partial charge in [-0.2, -0.15) is 0 Å². The van der Waals surface area contributed by atoms with Crippen LogP contribution < -0.4 is 0 Å². The van der Waals surface area contributed by atoms with Crippen molar-refractivity contribution in [2.45, 2.75) is 24.4 Å². The number of aliphatic hydroxyl groups is 5. The van der Waals surface area contributed by atoms with Crippen LogP contribution in [0.2, 0.25) is 0 Å². The van der Waals surface area contributed by atoms with Crippen molar-refractivity contribution in [3.63, 3.8) is 0 Å². The van der Waals surface area contributed by atoms with E-state index in [1.54, 1.807) is 0 Å². The molecule has 4 atom stereocenters. The molecule has 6 nitrogen and oxygen atoms in total. The molecule has 0 aliphatic heterocycles. The number of aliphatic hydroxyl groups excluding tert-OH is 3. The highest BCUT2D eigenvalue weighted by Crippen LogP contribution is 2.02. The summed E-state index contributed by atoms with van der Waals surface area (Å²) in [5.74, 6) is 0. The average Bonchev–Trinajstić information content (AvgIpc) is 2.12. The number of hydrogen-bond donors (Lipinski definition) is 5. The van der Waals surface area contributed by atoms with Crippen molar-refractivity contribution < 1.29 is 35.8 Å². The molecule has 6 heteroatoms. The van der Waals surface area contributed by atoms with Crippen LogP contribution in [-0.2, 0) is 4.79 Å². The van der Waals surface area contributed by atoms with E-state index < -0.39 is 37.2 Å². The molecule has 0 aliphatic rings. The number of hydrogen-bond acceptors (Lipinski definition) is 6. The van der Waals surface area contributed by atoms with Gasteiger partial charge in [0.05, 0.1) is 10.7 Å². The molecule has 0 aromatic heterocycles. The van der Waals surface area contributed by atoms with E-state index in [1.807, 2.05) is 0 Å². The second-order valence-electron chi connectivity index (χ2n) is 2.00. The van der Waals surface area contributed by atoms with E-state index in [0.717, 1.165) is 0 Å². The third kappa shape index (κ3) is 2.84. The lowest BCUT2D eigenvalue weighted by Crippen LogP contribution is -2.46. The minimum Gasteiger partial charge on any atom is -0.394 e. The zero-order valence-corrected chi connectivity index (χ0v) is 5.88. The Balaban J connectivity index is 4.93. The summed E-state index contributed by atoms with van der Waals surface area (Å²) in [6.45, 7) is -3.60. The van der Waals surface area contributed by atoms with Crippen LogP contribution in [0.4, 0.5) is 0 Å². The van der Waals surface area contributed by atoms with Gasteiger partial charge in [-0.1, -0.05) is 0 Å². The lowest BCUT2D eigenvalue weighted by molar-refractivity contribution is -0.136. The zero-order valence-electron chi connectivity index (χ0n) is 9.88. The van der Waals surface area contributed by atoms with Gasteiger partial charge in [0, 0.05) is 0 Å². The standard InChI is InChI=1S/C6H12O6/c7-1-3(9)5(11)6(12)4(10)2-8/h1,3-6,8-12H,2H2/t3-,4+,5+,6+/m0/s1/i1D,2D2,4D. The fraction of sp³-hybridized carbons (Fsp3) is 0.833.